The van der Waals surface area contributed by atoms with Crippen LogP contribution < -0.4 is 4.74 Å². The summed E-state index contributed by atoms with van der Waals surface area (Å²) in [6.45, 7) is 6.38. The highest BCUT2D eigenvalue weighted by molar-refractivity contribution is 6.01. The number of hydrogen-bond donors (Lipinski definition) is 0. The van der Waals surface area contributed by atoms with Gasteiger partial charge >= 0.3 is 6.09 Å². The van der Waals surface area contributed by atoms with Gasteiger partial charge in [0.25, 0.3) is 5.69 Å². The second kappa shape index (κ2) is 7.89. The zero-order valence-corrected chi connectivity index (χ0v) is 18.3. The maximum Gasteiger partial charge on any atom is 0.410 e. The Morgan fingerprint density at radius 3 is 2.47 bits per heavy atom. The number of fused-ring (bicyclic) bond motifs is 1. The Labute approximate surface area is 185 Å². The van der Waals surface area contributed by atoms with E-state index in [1.165, 1.54) is 18.3 Å². The zero-order chi connectivity index (χ0) is 23.1. The zero-order valence-electron chi connectivity index (χ0n) is 18.3. The smallest absolute Gasteiger partial charge is 0.410 e. The van der Waals surface area contributed by atoms with Gasteiger partial charge < -0.3 is 14.4 Å². The van der Waals surface area contributed by atoms with E-state index in [0.29, 0.717) is 48.5 Å². The first-order chi connectivity index (χ1) is 15.1. The summed E-state index contributed by atoms with van der Waals surface area (Å²) < 4.78 is 11.7. The van der Waals surface area contributed by atoms with Crippen molar-refractivity contribution in [2.75, 3.05) is 13.1 Å². The Kier molecular flexibility index (Phi) is 5.36. The van der Waals surface area contributed by atoms with E-state index in [1.54, 1.807) is 23.1 Å². The minimum atomic E-state index is -0.654. The number of piperidine rings is 1. The van der Waals surface area contributed by atoms with Gasteiger partial charge in [-0.15, -0.1) is 0 Å². The maximum atomic E-state index is 13.0. The molecule has 2 aliphatic heterocycles. The quantitative estimate of drug-likeness (QED) is 0.504. The number of pyridine rings is 1. The van der Waals surface area contributed by atoms with E-state index in [1.807, 2.05) is 20.8 Å². The van der Waals surface area contributed by atoms with Crippen LogP contribution in [0.4, 0.5) is 10.5 Å². The van der Waals surface area contributed by atoms with Gasteiger partial charge in [-0.05, 0) is 39.0 Å². The lowest BCUT2D eigenvalue weighted by Crippen LogP contribution is -2.53. The Morgan fingerprint density at radius 2 is 1.88 bits per heavy atom. The van der Waals surface area contributed by atoms with E-state index in [-0.39, 0.29) is 24.0 Å². The van der Waals surface area contributed by atoms with Gasteiger partial charge in [-0.2, -0.15) is 0 Å². The van der Waals surface area contributed by atoms with Crippen LogP contribution in [0.15, 0.2) is 36.5 Å². The number of hydrogen-bond acceptors (Lipinski definition) is 7. The number of ketones is 1. The molecule has 0 aliphatic carbocycles. The highest BCUT2D eigenvalue weighted by Gasteiger charge is 2.44. The molecule has 9 nitrogen and oxygen atoms in total. The number of aromatic nitrogens is 1. The first kappa shape index (κ1) is 21.7. The van der Waals surface area contributed by atoms with E-state index in [9.17, 15) is 19.7 Å². The molecular formula is C23H25N3O6. The van der Waals surface area contributed by atoms with E-state index in [4.69, 9.17) is 9.47 Å². The van der Waals surface area contributed by atoms with Gasteiger partial charge in [-0.3, -0.25) is 19.9 Å². The lowest BCUT2D eigenvalue weighted by atomic mass is 9.82. The van der Waals surface area contributed by atoms with Crippen molar-refractivity contribution in [2.24, 2.45) is 0 Å². The summed E-state index contributed by atoms with van der Waals surface area (Å²) in [5.41, 5.74) is 0.456. The molecule has 9 heteroatoms. The number of amides is 1. The van der Waals surface area contributed by atoms with Gasteiger partial charge in [0.05, 0.1) is 28.8 Å². The highest BCUT2D eigenvalue weighted by atomic mass is 16.6. The average molecular weight is 439 g/mol. The van der Waals surface area contributed by atoms with Crippen molar-refractivity contribution in [3.8, 4) is 17.0 Å². The van der Waals surface area contributed by atoms with Gasteiger partial charge in [0, 0.05) is 43.6 Å². The van der Waals surface area contributed by atoms with E-state index in [2.05, 4.69) is 4.98 Å². The fourth-order valence-corrected chi connectivity index (χ4v) is 4.01. The van der Waals surface area contributed by atoms with Crippen LogP contribution in [0.1, 0.15) is 50.4 Å². The molecule has 3 heterocycles. The fourth-order valence-electron chi connectivity index (χ4n) is 4.01. The molecule has 1 saturated heterocycles. The molecule has 1 aromatic carbocycles. The second-order valence-electron chi connectivity index (χ2n) is 9.22. The number of likely N-dealkylation sites (tertiary alicyclic amines) is 1. The third-order valence-corrected chi connectivity index (χ3v) is 5.68. The Bertz CT molecular complexity index is 1070. The van der Waals surface area contributed by atoms with E-state index < -0.39 is 16.1 Å². The monoisotopic (exact) mass is 439 g/mol. The predicted octanol–water partition coefficient (Wildman–Crippen LogP) is 4.39. The number of non-ortho nitro benzene ring substituents is 1. The van der Waals surface area contributed by atoms with Crippen molar-refractivity contribution < 1.29 is 24.0 Å². The molecule has 1 amide bonds. The molecule has 0 radical (unpaired) electrons. The van der Waals surface area contributed by atoms with Gasteiger partial charge in [0.15, 0.2) is 5.78 Å². The minimum absolute atomic E-state index is 0.00853. The molecule has 1 fully saturated rings. The number of nitro groups is 1. The van der Waals surface area contributed by atoms with Crippen molar-refractivity contribution in [3.63, 3.8) is 0 Å². The molecule has 2 aromatic rings. The predicted molar refractivity (Wildman–Crippen MR) is 116 cm³/mol. The third kappa shape index (κ3) is 4.42. The summed E-state index contributed by atoms with van der Waals surface area (Å²) >= 11 is 0. The largest absolute Gasteiger partial charge is 0.484 e. The van der Waals surface area contributed by atoms with Crippen LogP contribution in [0.2, 0.25) is 0 Å². The van der Waals surface area contributed by atoms with Crippen LogP contribution in [-0.2, 0) is 4.74 Å². The fraction of sp³-hybridized carbons (Fsp3) is 0.435. The summed E-state index contributed by atoms with van der Waals surface area (Å²) in [6.07, 6.45) is 2.46. The Balaban J connectivity index is 1.48. The topological polar surface area (TPSA) is 112 Å². The Hall–Kier alpha value is -3.49. The van der Waals surface area contributed by atoms with Crippen molar-refractivity contribution >= 4 is 17.6 Å². The number of carbonyl (C=O) groups is 2. The van der Waals surface area contributed by atoms with Crippen molar-refractivity contribution in [3.05, 3.63) is 52.2 Å². The van der Waals surface area contributed by atoms with Gasteiger partial charge in [-0.25, -0.2) is 4.79 Å². The summed E-state index contributed by atoms with van der Waals surface area (Å²) in [4.78, 5) is 41.7. The number of nitro benzene ring substituents is 1. The van der Waals surface area contributed by atoms with Crippen molar-refractivity contribution in [1.29, 1.82) is 0 Å². The average Bonchev–Trinajstić information content (AvgIpc) is 2.73. The van der Waals surface area contributed by atoms with Crippen molar-refractivity contribution in [1.82, 2.24) is 9.88 Å². The highest BCUT2D eigenvalue weighted by Crippen LogP contribution is 2.40. The molecule has 32 heavy (non-hydrogen) atoms. The lowest BCUT2D eigenvalue weighted by Gasteiger charge is -2.43. The summed E-state index contributed by atoms with van der Waals surface area (Å²) in [5.74, 6) is 0.389. The maximum absolute atomic E-state index is 13.0. The van der Waals surface area contributed by atoms with Crippen molar-refractivity contribution in [2.45, 2.75) is 51.2 Å². The minimum Gasteiger partial charge on any atom is -0.484 e. The SMILES string of the molecule is CC(C)(C)OC(=O)N1CCC2(CC1)CC(=O)c1cc(-c3ccc([N+](=O)[O-])cc3)ncc1O2. The number of rotatable bonds is 2. The number of nitrogens with zero attached hydrogens (tertiary/aromatic N) is 3. The molecule has 168 valence electrons. The number of ether oxygens (including phenoxy) is 2. The molecule has 4 rings (SSSR count). The van der Waals surface area contributed by atoms with Crippen LogP contribution in [0, 0.1) is 10.1 Å². The number of carbonyl (C=O) groups excluding carboxylic acids is 2. The first-order valence-electron chi connectivity index (χ1n) is 10.5. The first-order valence-corrected chi connectivity index (χ1v) is 10.5. The summed E-state index contributed by atoms with van der Waals surface area (Å²) in [5, 5.41) is 10.8. The van der Waals surface area contributed by atoms with Gasteiger partial charge in [0.2, 0.25) is 0 Å². The molecule has 0 atom stereocenters. The molecule has 1 aromatic heterocycles. The van der Waals surface area contributed by atoms with Gasteiger partial charge in [0.1, 0.15) is 17.0 Å². The summed E-state index contributed by atoms with van der Waals surface area (Å²) in [7, 11) is 0. The van der Waals surface area contributed by atoms with Crippen LogP contribution in [-0.4, -0.2) is 51.0 Å². The van der Waals surface area contributed by atoms with Gasteiger partial charge in [-0.1, -0.05) is 0 Å². The van der Waals surface area contributed by atoms with E-state index >= 15 is 0 Å². The molecule has 0 saturated carbocycles. The third-order valence-electron chi connectivity index (χ3n) is 5.68. The number of Topliss-reactive ketones (excluding diaryl/α,β-unsaturated/α-hetero) is 1. The standard InChI is InChI=1S/C23H25N3O6/c1-22(2,3)32-21(28)25-10-8-23(9-11-25)13-19(27)17-12-18(24-14-20(17)31-23)15-4-6-16(7-5-15)26(29)30/h4-7,12,14H,8-11,13H2,1-3H3. The van der Waals surface area contributed by atoms with Crippen LogP contribution in [0.25, 0.3) is 11.3 Å². The van der Waals surface area contributed by atoms with E-state index in [0.717, 1.165) is 0 Å². The molecular weight excluding hydrogens is 414 g/mol. The lowest BCUT2D eigenvalue weighted by molar-refractivity contribution is -0.384. The van der Waals surface area contributed by atoms with Crippen LogP contribution in [0.5, 0.6) is 5.75 Å². The van der Waals surface area contributed by atoms with Crippen LogP contribution >= 0.6 is 0 Å². The molecule has 0 bridgehead atoms. The molecule has 0 unspecified atom stereocenters. The molecule has 1 spiro atoms. The summed E-state index contributed by atoms with van der Waals surface area (Å²) in [6, 6.07) is 7.69. The number of benzene rings is 1. The normalized spacial score (nSPS) is 17.5. The molecule has 0 N–H and O–H groups in total. The van der Waals surface area contributed by atoms with Crippen LogP contribution in [0.3, 0.4) is 0 Å². The Morgan fingerprint density at radius 1 is 1.22 bits per heavy atom. The molecule has 2 aliphatic rings. The second-order valence-corrected chi connectivity index (χ2v) is 9.22.